The van der Waals surface area contributed by atoms with E-state index in [0.717, 1.165) is 0 Å². The lowest BCUT2D eigenvalue weighted by Crippen LogP contribution is -2.17. The largest absolute Gasteiger partial charge is 0.305 e. The number of benzene rings is 1. The van der Waals surface area contributed by atoms with Gasteiger partial charge in [-0.15, -0.1) is 0 Å². The van der Waals surface area contributed by atoms with Gasteiger partial charge in [0.1, 0.15) is 11.7 Å². The van der Waals surface area contributed by atoms with E-state index in [1.165, 1.54) is 0 Å². The van der Waals surface area contributed by atoms with E-state index in [1.807, 2.05) is 0 Å². The molecular formula is C12H10F2N2O3. The number of hydrogen-bond acceptors (Lipinski definition) is 4. The molecular weight excluding hydrogens is 258 g/mol. The van der Waals surface area contributed by atoms with Crippen LogP contribution in [0.25, 0.3) is 0 Å². The Labute approximate surface area is 107 Å². The van der Waals surface area contributed by atoms with E-state index in [1.54, 1.807) is 13.0 Å². The molecule has 0 N–H and O–H groups in total. The number of nitriles is 1. The lowest BCUT2D eigenvalue weighted by atomic mass is 9.94. The zero-order valence-corrected chi connectivity index (χ0v) is 10.0. The SMILES string of the molecule is CCCC(C#N)C(=O)c1c(F)ccc([N+](=O)[O-])c1F. The molecule has 0 amide bonds. The minimum absolute atomic E-state index is 0.136. The van der Waals surface area contributed by atoms with Crippen molar-refractivity contribution in [3.8, 4) is 6.07 Å². The van der Waals surface area contributed by atoms with Crippen LogP contribution in [0.15, 0.2) is 12.1 Å². The second-order valence-electron chi connectivity index (χ2n) is 3.85. The summed E-state index contributed by atoms with van der Waals surface area (Å²) in [5.74, 6) is -5.02. The molecule has 0 aliphatic heterocycles. The summed E-state index contributed by atoms with van der Waals surface area (Å²) in [7, 11) is 0. The van der Waals surface area contributed by atoms with E-state index < -0.39 is 39.5 Å². The van der Waals surface area contributed by atoms with Crippen molar-refractivity contribution < 1.29 is 18.5 Å². The monoisotopic (exact) mass is 268 g/mol. The molecule has 0 aliphatic rings. The Bertz CT molecular complexity index is 567. The summed E-state index contributed by atoms with van der Waals surface area (Å²) >= 11 is 0. The number of nitro groups is 1. The van der Waals surface area contributed by atoms with Gasteiger partial charge in [-0.25, -0.2) is 4.39 Å². The number of rotatable bonds is 5. The number of halogens is 2. The fourth-order valence-electron chi connectivity index (χ4n) is 1.63. The zero-order valence-electron chi connectivity index (χ0n) is 10.0. The van der Waals surface area contributed by atoms with E-state index in [9.17, 15) is 23.7 Å². The number of carbonyl (C=O) groups is 1. The van der Waals surface area contributed by atoms with E-state index in [0.29, 0.717) is 18.6 Å². The number of nitrogens with zero attached hydrogens (tertiary/aromatic N) is 2. The maximum Gasteiger partial charge on any atom is 0.305 e. The van der Waals surface area contributed by atoms with E-state index >= 15 is 0 Å². The summed E-state index contributed by atoms with van der Waals surface area (Å²) in [6.07, 6.45) is 0.610. The highest BCUT2D eigenvalue weighted by Crippen LogP contribution is 2.26. The molecule has 7 heteroatoms. The van der Waals surface area contributed by atoms with Crippen LogP contribution >= 0.6 is 0 Å². The predicted octanol–water partition coefficient (Wildman–Crippen LogP) is 3.00. The molecule has 0 spiro atoms. The van der Waals surface area contributed by atoms with Crippen LogP contribution in [0, 0.1) is 39.0 Å². The molecule has 0 radical (unpaired) electrons. The van der Waals surface area contributed by atoms with Crippen LogP contribution in [0.2, 0.25) is 0 Å². The number of hydrogen-bond donors (Lipinski definition) is 0. The Balaban J connectivity index is 3.34. The first kappa shape index (κ1) is 14.7. The van der Waals surface area contributed by atoms with Crippen molar-refractivity contribution in [3.05, 3.63) is 39.4 Å². The van der Waals surface area contributed by atoms with Gasteiger partial charge < -0.3 is 0 Å². The van der Waals surface area contributed by atoms with Crippen LogP contribution < -0.4 is 0 Å². The number of carbonyl (C=O) groups excluding carboxylic acids is 1. The van der Waals surface area contributed by atoms with Gasteiger partial charge in [0.15, 0.2) is 5.78 Å². The van der Waals surface area contributed by atoms with Crippen molar-refractivity contribution in [2.45, 2.75) is 19.8 Å². The van der Waals surface area contributed by atoms with Gasteiger partial charge in [0.05, 0.1) is 16.6 Å². The van der Waals surface area contributed by atoms with Crippen LogP contribution in [0.1, 0.15) is 30.1 Å². The first-order valence-corrected chi connectivity index (χ1v) is 5.50. The molecule has 0 aromatic heterocycles. The van der Waals surface area contributed by atoms with Gasteiger partial charge >= 0.3 is 5.69 Å². The Hall–Kier alpha value is -2.36. The number of Topliss-reactive ketones (excluding diaryl/α,β-unsaturated/α-hetero) is 1. The minimum Gasteiger partial charge on any atom is -0.292 e. The van der Waals surface area contributed by atoms with Gasteiger partial charge in [-0.05, 0) is 12.5 Å². The lowest BCUT2D eigenvalue weighted by Gasteiger charge is -2.08. The van der Waals surface area contributed by atoms with E-state index in [4.69, 9.17) is 5.26 Å². The summed E-state index contributed by atoms with van der Waals surface area (Å²) < 4.78 is 27.2. The van der Waals surface area contributed by atoms with Gasteiger partial charge in [-0.2, -0.15) is 9.65 Å². The second kappa shape index (κ2) is 6.00. The summed E-state index contributed by atoms with van der Waals surface area (Å²) in [6.45, 7) is 1.71. The van der Waals surface area contributed by atoms with Crippen molar-refractivity contribution >= 4 is 11.5 Å². The zero-order chi connectivity index (χ0) is 14.6. The maximum atomic E-state index is 13.8. The van der Waals surface area contributed by atoms with Gasteiger partial charge in [0, 0.05) is 6.07 Å². The smallest absolute Gasteiger partial charge is 0.292 e. The van der Waals surface area contributed by atoms with Crippen molar-refractivity contribution in [2.75, 3.05) is 0 Å². The Morgan fingerprint density at radius 3 is 2.63 bits per heavy atom. The molecule has 1 unspecified atom stereocenters. The third-order valence-electron chi connectivity index (χ3n) is 2.56. The highest BCUT2D eigenvalue weighted by molar-refractivity contribution is 6.00. The van der Waals surface area contributed by atoms with Gasteiger partial charge in [-0.1, -0.05) is 13.3 Å². The average Bonchev–Trinajstić information content (AvgIpc) is 2.35. The average molecular weight is 268 g/mol. The molecule has 0 saturated heterocycles. The van der Waals surface area contributed by atoms with Crippen molar-refractivity contribution in [1.82, 2.24) is 0 Å². The molecule has 19 heavy (non-hydrogen) atoms. The first-order chi connectivity index (χ1) is 8.93. The molecule has 5 nitrogen and oxygen atoms in total. The van der Waals surface area contributed by atoms with E-state index in [2.05, 4.69) is 0 Å². The molecule has 0 heterocycles. The van der Waals surface area contributed by atoms with Gasteiger partial charge in [-0.3, -0.25) is 14.9 Å². The van der Waals surface area contributed by atoms with Crippen molar-refractivity contribution in [1.29, 1.82) is 5.26 Å². The van der Waals surface area contributed by atoms with Crippen LogP contribution in [-0.4, -0.2) is 10.7 Å². The first-order valence-electron chi connectivity index (χ1n) is 5.50. The normalized spacial score (nSPS) is 11.7. The standard InChI is InChI=1S/C12H10F2N2O3/c1-2-3-7(6-15)12(17)10-8(13)4-5-9(11(10)14)16(18)19/h4-5,7H,2-3H2,1H3. The quantitative estimate of drug-likeness (QED) is 0.466. The summed E-state index contributed by atoms with van der Waals surface area (Å²) in [4.78, 5) is 21.3. The topological polar surface area (TPSA) is 84.0 Å². The maximum absolute atomic E-state index is 13.8. The van der Waals surface area contributed by atoms with Gasteiger partial charge in [0.2, 0.25) is 5.82 Å². The summed E-state index contributed by atoms with van der Waals surface area (Å²) in [6, 6.07) is 2.94. The van der Waals surface area contributed by atoms with Crippen LogP contribution in [0.4, 0.5) is 14.5 Å². The minimum atomic E-state index is -1.54. The third-order valence-corrected chi connectivity index (χ3v) is 2.56. The van der Waals surface area contributed by atoms with E-state index in [-0.39, 0.29) is 6.42 Å². The number of nitro benzene ring substituents is 1. The molecule has 1 aromatic rings. The lowest BCUT2D eigenvalue weighted by molar-refractivity contribution is -0.387. The molecule has 0 saturated carbocycles. The molecule has 1 rings (SSSR count). The van der Waals surface area contributed by atoms with Crippen molar-refractivity contribution in [3.63, 3.8) is 0 Å². The molecule has 100 valence electrons. The fourth-order valence-corrected chi connectivity index (χ4v) is 1.63. The van der Waals surface area contributed by atoms with Crippen LogP contribution in [-0.2, 0) is 0 Å². The summed E-state index contributed by atoms with van der Waals surface area (Å²) in [5, 5.41) is 19.3. The summed E-state index contributed by atoms with van der Waals surface area (Å²) in [5.41, 5.74) is -2.01. The number of ketones is 1. The molecule has 0 aliphatic carbocycles. The van der Waals surface area contributed by atoms with Gasteiger partial charge in [0.25, 0.3) is 0 Å². The second-order valence-corrected chi connectivity index (χ2v) is 3.85. The molecule has 1 atom stereocenters. The highest BCUT2D eigenvalue weighted by atomic mass is 19.1. The van der Waals surface area contributed by atoms with Crippen molar-refractivity contribution in [2.24, 2.45) is 5.92 Å². The van der Waals surface area contributed by atoms with Crippen LogP contribution in [0.3, 0.4) is 0 Å². The predicted molar refractivity (Wildman–Crippen MR) is 61.4 cm³/mol. The third kappa shape index (κ3) is 2.91. The highest BCUT2D eigenvalue weighted by Gasteiger charge is 2.30. The fraction of sp³-hybridized carbons (Fsp3) is 0.333. The Morgan fingerprint density at radius 2 is 2.16 bits per heavy atom. The Morgan fingerprint density at radius 1 is 1.53 bits per heavy atom. The van der Waals surface area contributed by atoms with Crippen LogP contribution in [0.5, 0.6) is 0 Å². The molecule has 1 aromatic carbocycles. The Kier molecular flexibility index (Phi) is 4.64. The molecule has 0 bridgehead atoms. The molecule has 0 fully saturated rings.